The van der Waals surface area contributed by atoms with Crippen LogP contribution in [-0.4, -0.2) is 42.6 Å². The Labute approximate surface area is 182 Å². The third-order valence-electron chi connectivity index (χ3n) is 4.62. The standard InChI is InChI=1S/C12H15ClO4.C9H7N3O2/c1-8-5-9(10(14)15)7-12(6-8,11(16)17)3-2-4-13;13-8-3-5-12(9(14)11-8)7-2-1-4-10-6-7/h5-6H,2-4,7H2,1H3,(H,14,15)(H,16,17);1-6H,(H,11,13,14). The van der Waals surface area contributed by atoms with Crippen LogP contribution in [0.4, 0.5) is 0 Å². The number of carbonyl (C=O) groups is 2. The third kappa shape index (κ3) is 6.26. The Bertz CT molecular complexity index is 1120. The molecule has 2 heterocycles. The summed E-state index contributed by atoms with van der Waals surface area (Å²) in [4.78, 5) is 50.5. The van der Waals surface area contributed by atoms with Crippen molar-refractivity contribution < 1.29 is 19.8 Å². The van der Waals surface area contributed by atoms with Crippen molar-refractivity contribution in [2.24, 2.45) is 5.41 Å². The van der Waals surface area contributed by atoms with E-state index in [-0.39, 0.29) is 12.0 Å². The number of nitrogens with one attached hydrogen (secondary N) is 1. The fourth-order valence-corrected chi connectivity index (χ4v) is 3.37. The van der Waals surface area contributed by atoms with Gasteiger partial charge in [0.05, 0.1) is 17.3 Å². The summed E-state index contributed by atoms with van der Waals surface area (Å²) >= 11 is 5.58. The van der Waals surface area contributed by atoms with Crippen LogP contribution in [0.2, 0.25) is 0 Å². The first-order valence-electron chi connectivity index (χ1n) is 9.33. The topological polar surface area (TPSA) is 142 Å². The lowest BCUT2D eigenvalue weighted by Gasteiger charge is -2.29. The van der Waals surface area contributed by atoms with Crippen LogP contribution < -0.4 is 11.2 Å². The molecular weight excluding hydrogens is 426 g/mol. The largest absolute Gasteiger partial charge is 0.481 e. The van der Waals surface area contributed by atoms with Gasteiger partial charge in [-0.2, -0.15) is 0 Å². The third-order valence-corrected chi connectivity index (χ3v) is 4.88. The van der Waals surface area contributed by atoms with Crippen LogP contribution in [0.5, 0.6) is 0 Å². The quantitative estimate of drug-likeness (QED) is 0.577. The SMILES string of the molecule is CC1=CC(CCCCl)(C(=O)O)CC(C(=O)O)=C1.O=c1ccn(-c2cccnc2)c(=O)[nH]1. The van der Waals surface area contributed by atoms with Crippen molar-refractivity contribution in [3.05, 3.63) is 80.9 Å². The number of halogens is 1. The van der Waals surface area contributed by atoms with Crippen LogP contribution in [0.3, 0.4) is 0 Å². The van der Waals surface area contributed by atoms with E-state index < -0.39 is 28.6 Å². The van der Waals surface area contributed by atoms with Gasteiger partial charge >= 0.3 is 17.6 Å². The van der Waals surface area contributed by atoms with Gasteiger partial charge in [0.2, 0.25) is 0 Å². The first kappa shape index (κ1) is 23.8. The highest BCUT2D eigenvalue weighted by atomic mass is 35.5. The lowest BCUT2D eigenvalue weighted by molar-refractivity contribution is -0.146. The Balaban J connectivity index is 0.000000224. The molecule has 9 nitrogen and oxygen atoms in total. The van der Waals surface area contributed by atoms with Crippen LogP contribution in [-0.2, 0) is 9.59 Å². The fraction of sp³-hybridized carbons (Fsp3) is 0.286. The van der Waals surface area contributed by atoms with Crippen molar-refractivity contribution in [1.82, 2.24) is 14.5 Å². The van der Waals surface area contributed by atoms with Crippen LogP contribution in [0, 0.1) is 5.41 Å². The second-order valence-electron chi connectivity index (χ2n) is 6.99. The van der Waals surface area contributed by atoms with Gasteiger partial charge in [0.25, 0.3) is 5.56 Å². The summed E-state index contributed by atoms with van der Waals surface area (Å²) < 4.78 is 1.31. The summed E-state index contributed by atoms with van der Waals surface area (Å²) in [5, 5.41) is 18.3. The molecule has 2 aromatic heterocycles. The number of H-pyrrole nitrogens is 1. The number of carboxylic acids is 2. The normalized spacial score (nSPS) is 17.6. The molecule has 2 aromatic rings. The number of aromatic nitrogens is 3. The average molecular weight is 448 g/mol. The maximum atomic E-state index is 11.4. The van der Waals surface area contributed by atoms with Gasteiger partial charge in [-0.25, -0.2) is 9.59 Å². The number of hydrogen-bond acceptors (Lipinski definition) is 5. The molecule has 1 atom stereocenters. The van der Waals surface area contributed by atoms with Crippen molar-refractivity contribution in [2.45, 2.75) is 26.2 Å². The molecule has 0 fully saturated rings. The van der Waals surface area contributed by atoms with Gasteiger partial charge < -0.3 is 10.2 Å². The monoisotopic (exact) mass is 447 g/mol. The second-order valence-corrected chi connectivity index (χ2v) is 7.36. The maximum absolute atomic E-state index is 11.4. The summed E-state index contributed by atoms with van der Waals surface area (Å²) in [6, 6.07) is 4.73. The summed E-state index contributed by atoms with van der Waals surface area (Å²) in [6.07, 6.45) is 8.64. The molecule has 1 unspecified atom stereocenters. The van der Waals surface area contributed by atoms with E-state index in [0.29, 0.717) is 30.0 Å². The highest BCUT2D eigenvalue weighted by Gasteiger charge is 2.39. The number of rotatable bonds is 6. The highest BCUT2D eigenvalue weighted by Crippen LogP contribution is 2.38. The molecule has 0 aliphatic heterocycles. The molecule has 3 N–H and O–H groups in total. The summed E-state index contributed by atoms with van der Waals surface area (Å²) in [5.74, 6) is -1.68. The molecular formula is C21H22ClN3O6. The number of allylic oxidation sites excluding steroid dienone is 2. The Hall–Kier alpha value is -3.46. The second kappa shape index (κ2) is 10.5. The number of hydrogen-bond donors (Lipinski definition) is 3. The number of aromatic amines is 1. The number of pyridine rings is 1. The average Bonchev–Trinajstić information content (AvgIpc) is 2.73. The number of aliphatic carboxylic acids is 2. The van der Waals surface area contributed by atoms with Crippen LogP contribution in [0.1, 0.15) is 26.2 Å². The Morgan fingerprint density at radius 3 is 2.58 bits per heavy atom. The molecule has 3 rings (SSSR count). The minimum absolute atomic E-state index is 0.0197. The molecule has 0 saturated heterocycles. The Morgan fingerprint density at radius 1 is 1.29 bits per heavy atom. The molecule has 164 valence electrons. The van der Waals surface area contributed by atoms with Gasteiger partial charge in [0.1, 0.15) is 0 Å². The zero-order chi connectivity index (χ0) is 23.0. The zero-order valence-electron chi connectivity index (χ0n) is 16.7. The van der Waals surface area contributed by atoms with E-state index in [1.54, 1.807) is 37.5 Å². The molecule has 0 aromatic carbocycles. The van der Waals surface area contributed by atoms with E-state index in [0.717, 1.165) is 0 Å². The molecule has 0 bridgehead atoms. The fourth-order valence-electron chi connectivity index (χ4n) is 3.24. The minimum Gasteiger partial charge on any atom is -0.481 e. The van der Waals surface area contributed by atoms with E-state index in [2.05, 4.69) is 9.97 Å². The predicted octanol–water partition coefficient (Wildman–Crippen LogP) is 2.36. The summed E-state index contributed by atoms with van der Waals surface area (Å²) in [5.41, 5.74) is -0.566. The van der Waals surface area contributed by atoms with Crippen molar-refractivity contribution in [1.29, 1.82) is 0 Å². The van der Waals surface area contributed by atoms with Gasteiger partial charge in [-0.1, -0.05) is 11.6 Å². The first-order valence-corrected chi connectivity index (χ1v) is 9.87. The van der Waals surface area contributed by atoms with Gasteiger partial charge in [0.15, 0.2) is 0 Å². The van der Waals surface area contributed by atoms with E-state index in [9.17, 15) is 24.3 Å². The summed E-state index contributed by atoms with van der Waals surface area (Å²) in [6.45, 7) is 1.71. The van der Waals surface area contributed by atoms with Crippen LogP contribution in [0.25, 0.3) is 5.69 Å². The Morgan fingerprint density at radius 2 is 2.03 bits per heavy atom. The molecule has 31 heavy (non-hydrogen) atoms. The van der Waals surface area contributed by atoms with Crippen LogP contribution in [0.15, 0.2) is 69.7 Å². The Kier molecular flexibility index (Phi) is 8.09. The predicted molar refractivity (Wildman–Crippen MR) is 115 cm³/mol. The van der Waals surface area contributed by atoms with Gasteiger partial charge in [-0.05, 0) is 44.4 Å². The molecule has 1 aliphatic carbocycles. The van der Waals surface area contributed by atoms with Crippen molar-refractivity contribution in [2.75, 3.05) is 5.88 Å². The number of carboxylic acid groups (broad SMARTS) is 2. The van der Waals surface area contributed by atoms with Crippen LogP contribution >= 0.6 is 11.6 Å². The lowest BCUT2D eigenvalue weighted by Crippen LogP contribution is -2.33. The zero-order valence-corrected chi connectivity index (χ0v) is 17.5. The van der Waals surface area contributed by atoms with E-state index in [1.165, 1.54) is 22.9 Å². The van der Waals surface area contributed by atoms with Crippen molar-refractivity contribution >= 4 is 23.5 Å². The molecule has 0 saturated carbocycles. The van der Waals surface area contributed by atoms with Gasteiger partial charge in [0, 0.05) is 29.9 Å². The van der Waals surface area contributed by atoms with E-state index in [1.807, 2.05) is 0 Å². The minimum atomic E-state index is -1.12. The molecule has 1 aliphatic rings. The van der Waals surface area contributed by atoms with E-state index in [4.69, 9.17) is 16.7 Å². The molecule has 0 amide bonds. The lowest BCUT2D eigenvalue weighted by atomic mass is 9.73. The van der Waals surface area contributed by atoms with Gasteiger partial charge in [-0.3, -0.25) is 24.1 Å². The summed E-state index contributed by atoms with van der Waals surface area (Å²) in [7, 11) is 0. The molecule has 0 radical (unpaired) electrons. The first-order chi connectivity index (χ1) is 14.7. The van der Waals surface area contributed by atoms with Crippen molar-refractivity contribution in [3.63, 3.8) is 0 Å². The number of alkyl halides is 1. The van der Waals surface area contributed by atoms with Crippen molar-refractivity contribution in [3.8, 4) is 5.69 Å². The van der Waals surface area contributed by atoms with E-state index >= 15 is 0 Å². The maximum Gasteiger partial charge on any atom is 0.332 e. The number of nitrogens with zero attached hydrogens (tertiary/aromatic N) is 2. The highest BCUT2D eigenvalue weighted by molar-refractivity contribution is 6.17. The molecule has 0 spiro atoms. The molecule has 10 heteroatoms. The smallest absolute Gasteiger partial charge is 0.332 e. The van der Waals surface area contributed by atoms with Gasteiger partial charge in [-0.15, -0.1) is 11.6 Å².